The fraction of sp³-hybridized carbons (Fsp3) is 0.533. The van der Waals surface area contributed by atoms with Gasteiger partial charge in [-0.3, -0.25) is 14.5 Å². The van der Waals surface area contributed by atoms with Crippen molar-refractivity contribution >= 4 is 23.5 Å². The van der Waals surface area contributed by atoms with Gasteiger partial charge >= 0.3 is 0 Å². The average molecular weight is 320 g/mol. The fourth-order valence-electron chi connectivity index (χ4n) is 2.69. The molecule has 1 fully saturated rings. The second kappa shape index (κ2) is 6.41. The molecule has 3 rings (SSSR count). The molecule has 8 heteroatoms. The van der Waals surface area contributed by atoms with Crippen molar-refractivity contribution in [3.8, 4) is 5.75 Å². The van der Waals surface area contributed by atoms with Crippen LogP contribution in [0, 0.1) is 0 Å². The van der Waals surface area contributed by atoms with E-state index in [2.05, 4.69) is 10.3 Å². The maximum atomic E-state index is 12.3. The Bertz CT molecular complexity index is 615. The van der Waals surface area contributed by atoms with Crippen LogP contribution in [0.5, 0.6) is 5.75 Å². The summed E-state index contributed by atoms with van der Waals surface area (Å²) in [6.07, 6.45) is 1.34. The number of nitrogen functional groups attached to an aromatic ring is 1. The first-order chi connectivity index (χ1) is 11.0. The molecule has 2 unspecified atom stereocenters. The molecule has 0 bridgehead atoms. The molecular weight excluding hydrogens is 300 g/mol. The molecule has 2 amide bonds. The summed E-state index contributed by atoms with van der Waals surface area (Å²) in [4.78, 5) is 29.9. The zero-order chi connectivity index (χ0) is 16.4. The van der Waals surface area contributed by atoms with Crippen LogP contribution in [-0.2, 0) is 14.3 Å². The number of fused-ring (bicyclic) bond motifs is 1. The third-order valence-electron chi connectivity index (χ3n) is 3.89. The Morgan fingerprint density at radius 3 is 3.09 bits per heavy atom. The molecule has 0 spiro atoms. The Labute approximate surface area is 133 Å². The van der Waals surface area contributed by atoms with Crippen molar-refractivity contribution in [2.45, 2.75) is 32.0 Å². The van der Waals surface area contributed by atoms with E-state index < -0.39 is 6.10 Å². The number of ether oxygens (including phenoxy) is 2. The van der Waals surface area contributed by atoms with Crippen molar-refractivity contribution < 1.29 is 19.1 Å². The molecule has 0 saturated carbocycles. The van der Waals surface area contributed by atoms with E-state index in [1.807, 2.05) is 0 Å². The van der Waals surface area contributed by atoms with E-state index in [4.69, 9.17) is 15.2 Å². The number of carbonyl (C=O) groups is 2. The van der Waals surface area contributed by atoms with Crippen molar-refractivity contribution in [3.05, 3.63) is 12.1 Å². The molecule has 2 aliphatic rings. The zero-order valence-electron chi connectivity index (χ0n) is 12.9. The Hall–Kier alpha value is -2.35. The van der Waals surface area contributed by atoms with E-state index in [1.54, 1.807) is 19.1 Å². The summed E-state index contributed by atoms with van der Waals surface area (Å²) in [7, 11) is 0. The van der Waals surface area contributed by atoms with Crippen LogP contribution < -0.4 is 20.7 Å². The zero-order valence-corrected chi connectivity index (χ0v) is 12.9. The number of anilines is 2. The highest BCUT2D eigenvalue weighted by Crippen LogP contribution is 2.32. The van der Waals surface area contributed by atoms with E-state index >= 15 is 0 Å². The van der Waals surface area contributed by atoms with Crippen LogP contribution in [0.2, 0.25) is 0 Å². The molecule has 3 N–H and O–H groups in total. The first kappa shape index (κ1) is 15.5. The second-order valence-corrected chi connectivity index (χ2v) is 5.68. The predicted octanol–water partition coefficient (Wildman–Crippen LogP) is 0.0729. The number of amides is 2. The number of nitrogens with two attached hydrogens (primary N) is 1. The molecule has 3 heterocycles. The van der Waals surface area contributed by atoms with Crippen LogP contribution in [0.1, 0.15) is 19.8 Å². The van der Waals surface area contributed by atoms with Crippen molar-refractivity contribution in [2.24, 2.45) is 0 Å². The summed E-state index contributed by atoms with van der Waals surface area (Å²) in [6, 6.07) is 3.24. The van der Waals surface area contributed by atoms with Gasteiger partial charge in [0.2, 0.25) is 5.91 Å². The summed E-state index contributed by atoms with van der Waals surface area (Å²) in [6.45, 7) is 2.70. The van der Waals surface area contributed by atoms with Gasteiger partial charge in [-0.1, -0.05) is 0 Å². The first-order valence-corrected chi connectivity index (χ1v) is 7.67. The van der Waals surface area contributed by atoms with Crippen LogP contribution in [0.3, 0.4) is 0 Å². The minimum Gasteiger partial charge on any atom is -0.477 e. The third-order valence-corrected chi connectivity index (χ3v) is 3.89. The molecule has 1 aromatic heterocycles. The molecule has 1 aromatic rings. The molecule has 0 aromatic carbocycles. The number of nitrogens with zero attached hydrogens (tertiary/aromatic N) is 2. The van der Waals surface area contributed by atoms with E-state index in [9.17, 15) is 9.59 Å². The van der Waals surface area contributed by atoms with Gasteiger partial charge in [-0.15, -0.1) is 0 Å². The Kier molecular flexibility index (Phi) is 4.33. The van der Waals surface area contributed by atoms with Crippen molar-refractivity contribution in [2.75, 3.05) is 30.3 Å². The number of hydrogen-bond acceptors (Lipinski definition) is 6. The summed E-state index contributed by atoms with van der Waals surface area (Å²) < 4.78 is 11.0. The minimum absolute atomic E-state index is 0.0549. The number of carbonyl (C=O) groups excluding carboxylic acids is 2. The standard InChI is InChI=1S/C15H20N4O4/c1-9-15(21)19(14-11(23-9)4-5-12(16)18-14)8-13(20)17-7-10-3-2-6-22-10/h4-5,9-10H,2-3,6-8H2,1H3,(H2,16,18)(H,17,20). The van der Waals surface area contributed by atoms with Crippen LogP contribution in [-0.4, -0.2) is 48.7 Å². The van der Waals surface area contributed by atoms with Gasteiger partial charge in [0, 0.05) is 13.2 Å². The monoisotopic (exact) mass is 320 g/mol. The molecule has 0 radical (unpaired) electrons. The number of aromatic nitrogens is 1. The summed E-state index contributed by atoms with van der Waals surface area (Å²) in [5, 5.41) is 2.80. The third kappa shape index (κ3) is 3.37. The van der Waals surface area contributed by atoms with Crippen LogP contribution in [0.15, 0.2) is 12.1 Å². The SMILES string of the molecule is CC1Oc2ccc(N)nc2N(CC(=O)NCC2CCCO2)C1=O. The molecule has 2 atom stereocenters. The van der Waals surface area contributed by atoms with Crippen molar-refractivity contribution in [1.29, 1.82) is 0 Å². The van der Waals surface area contributed by atoms with Gasteiger partial charge in [0.05, 0.1) is 6.10 Å². The van der Waals surface area contributed by atoms with Crippen molar-refractivity contribution in [3.63, 3.8) is 0 Å². The normalized spacial score (nSPS) is 23.3. The quantitative estimate of drug-likeness (QED) is 0.813. The molecule has 23 heavy (non-hydrogen) atoms. The maximum absolute atomic E-state index is 12.3. The Morgan fingerprint density at radius 2 is 2.35 bits per heavy atom. The highest BCUT2D eigenvalue weighted by atomic mass is 16.5. The van der Waals surface area contributed by atoms with Crippen LogP contribution >= 0.6 is 0 Å². The van der Waals surface area contributed by atoms with Gasteiger partial charge < -0.3 is 20.5 Å². The summed E-state index contributed by atoms with van der Waals surface area (Å²) in [5.41, 5.74) is 5.67. The van der Waals surface area contributed by atoms with Gasteiger partial charge in [-0.25, -0.2) is 4.98 Å². The summed E-state index contributed by atoms with van der Waals surface area (Å²) >= 11 is 0. The molecule has 2 aliphatic heterocycles. The van der Waals surface area contributed by atoms with Crippen molar-refractivity contribution in [1.82, 2.24) is 10.3 Å². The summed E-state index contributed by atoms with van der Waals surface area (Å²) in [5.74, 6) is 0.402. The maximum Gasteiger partial charge on any atom is 0.269 e. The Balaban J connectivity index is 1.69. The minimum atomic E-state index is -0.668. The van der Waals surface area contributed by atoms with E-state index in [-0.39, 0.29) is 36.1 Å². The van der Waals surface area contributed by atoms with E-state index in [1.165, 1.54) is 4.90 Å². The predicted molar refractivity (Wildman–Crippen MR) is 83.1 cm³/mol. The largest absolute Gasteiger partial charge is 0.477 e. The fourth-order valence-corrected chi connectivity index (χ4v) is 2.69. The van der Waals surface area contributed by atoms with Gasteiger partial charge in [-0.2, -0.15) is 0 Å². The lowest BCUT2D eigenvalue weighted by molar-refractivity contribution is -0.128. The van der Waals surface area contributed by atoms with Gasteiger partial charge in [0.25, 0.3) is 5.91 Å². The molecular formula is C15H20N4O4. The first-order valence-electron chi connectivity index (χ1n) is 7.67. The topological polar surface area (TPSA) is 107 Å². The smallest absolute Gasteiger partial charge is 0.269 e. The lowest BCUT2D eigenvalue weighted by Gasteiger charge is -2.31. The van der Waals surface area contributed by atoms with Gasteiger partial charge in [0.1, 0.15) is 12.4 Å². The van der Waals surface area contributed by atoms with Crippen LogP contribution in [0.4, 0.5) is 11.6 Å². The van der Waals surface area contributed by atoms with Gasteiger partial charge in [0.15, 0.2) is 17.7 Å². The second-order valence-electron chi connectivity index (χ2n) is 5.68. The number of rotatable bonds is 4. The lowest BCUT2D eigenvalue weighted by atomic mass is 10.2. The molecule has 124 valence electrons. The van der Waals surface area contributed by atoms with E-state index in [0.717, 1.165) is 19.4 Å². The highest BCUT2D eigenvalue weighted by Gasteiger charge is 2.34. The van der Waals surface area contributed by atoms with Gasteiger partial charge in [-0.05, 0) is 31.9 Å². The number of hydrogen-bond donors (Lipinski definition) is 2. The molecule has 1 saturated heterocycles. The number of pyridine rings is 1. The Morgan fingerprint density at radius 1 is 1.52 bits per heavy atom. The lowest BCUT2D eigenvalue weighted by Crippen LogP contribution is -2.49. The number of nitrogens with one attached hydrogen (secondary N) is 1. The highest BCUT2D eigenvalue weighted by molar-refractivity contribution is 6.02. The molecule has 0 aliphatic carbocycles. The average Bonchev–Trinajstić information content (AvgIpc) is 3.04. The van der Waals surface area contributed by atoms with Crippen LogP contribution in [0.25, 0.3) is 0 Å². The molecule has 8 nitrogen and oxygen atoms in total. The van der Waals surface area contributed by atoms with E-state index in [0.29, 0.717) is 12.3 Å².